The third kappa shape index (κ3) is 4.83. The van der Waals surface area contributed by atoms with Crippen molar-refractivity contribution in [2.45, 2.75) is 19.4 Å². The Morgan fingerprint density at radius 3 is 2.82 bits per heavy atom. The first-order chi connectivity index (χ1) is 8.00. The van der Waals surface area contributed by atoms with Crippen molar-refractivity contribution < 1.29 is 13.7 Å². The van der Waals surface area contributed by atoms with Gasteiger partial charge in [-0.05, 0) is 26.0 Å². The van der Waals surface area contributed by atoms with Gasteiger partial charge in [-0.2, -0.15) is 0 Å². The molecule has 17 heavy (non-hydrogen) atoms. The van der Waals surface area contributed by atoms with Crippen molar-refractivity contribution in [2.24, 2.45) is 0 Å². The van der Waals surface area contributed by atoms with E-state index in [4.69, 9.17) is 0 Å². The third-order valence-electron chi connectivity index (χ3n) is 2.52. The van der Waals surface area contributed by atoms with Crippen LogP contribution in [0.1, 0.15) is 24.9 Å². The van der Waals surface area contributed by atoms with Crippen molar-refractivity contribution >= 4 is 10.8 Å². The molecule has 2 unspecified atom stereocenters. The summed E-state index contributed by atoms with van der Waals surface area (Å²) >= 11 is 0. The van der Waals surface area contributed by atoms with E-state index in [0.29, 0.717) is 11.3 Å². The number of phenols is 1. The predicted octanol–water partition coefficient (Wildman–Crippen LogP) is 1.95. The Balaban J connectivity index is 2.46. The van der Waals surface area contributed by atoms with Crippen molar-refractivity contribution in [2.75, 3.05) is 18.6 Å². The zero-order valence-corrected chi connectivity index (χ0v) is 10.9. The zero-order valence-electron chi connectivity index (χ0n) is 10.1. The van der Waals surface area contributed by atoms with Gasteiger partial charge in [-0.3, -0.25) is 4.21 Å². The van der Waals surface area contributed by atoms with Crippen LogP contribution in [0.25, 0.3) is 0 Å². The summed E-state index contributed by atoms with van der Waals surface area (Å²) < 4.78 is 23.6. The second-order valence-electron chi connectivity index (χ2n) is 4.01. The summed E-state index contributed by atoms with van der Waals surface area (Å²) in [4.78, 5) is 0. The molecule has 0 aliphatic carbocycles. The fraction of sp³-hybridized carbons (Fsp3) is 0.500. The van der Waals surface area contributed by atoms with E-state index in [9.17, 15) is 13.7 Å². The van der Waals surface area contributed by atoms with Crippen LogP contribution in [0.2, 0.25) is 0 Å². The van der Waals surface area contributed by atoms with E-state index >= 15 is 0 Å². The SMILES string of the molecule is CC(NCCCS(C)=O)c1ccc(F)cc1O. The Morgan fingerprint density at radius 1 is 1.53 bits per heavy atom. The summed E-state index contributed by atoms with van der Waals surface area (Å²) in [5.41, 5.74) is 0.670. The molecule has 1 aromatic rings. The second-order valence-corrected chi connectivity index (χ2v) is 5.56. The van der Waals surface area contributed by atoms with Crippen LogP contribution in [-0.2, 0) is 10.8 Å². The Hall–Kier alpha value is -0.940. The van der Waals surface area contributed by atoms with Gasteiger partial charge in [0.05, 0.1) is 0 Å². The molecule has 5 heteroatoms. The smallest absolute Gasteiger partial charge is 0.126 e. The van der Waals surface area contributed by atoms with Crippen LogP contribution in [0.3, 0.4) is 0 Å². The molecule has 0 saturated carbocycles. The minimum absolute atomic E-state index is 0.0379. The second kappa shape index (κ2) is 6.71. The number of halogens is 1. The molecule has 0 spiro atoms. The molecule has 0 radical (unpaired) electrons. The largest absolute Gasteiger partial charge is 0.508 e. The maximum absolute atomic E-state index is 12.8. The van der Waals surface area contributed by atoms with Gasteiger partial charge in [0.15, 0.2) is 0 Å². The summed E-state index contributed by atoms with van der Waals surface area (Å²) in [6.45, 7) is 2.62. The molecule has 2 N–H and O–H groups in total. The van der Waals surface area contributed by atoms with E-state index in [1.54, 1.807) is 12.3 Å². The lowest BCUT2D eigenvalue weighted by atomic mass is 10.1. The van der Waals surface area contributed by atoms with E-state index < -0.39 is 16.6 Å². The maximum Gasteiger partial charge on any atom is 0.126 e. The Bertz CT molecular complexity index is 398. The van der Waals surface area contributed by atoms with Crippen molar-refractivity contribution in [3.8, 4) is 5.75 Å². The monoisotopic (exact) mass is 259 g/mol. The number of hydrogen-bond acceptors (Lipinski definition) is 3. The van der Waals surface area contributed by atoms with Crippen molar-refractivity contribution in [1.29, 1.82) is 0 Å². The van der Waals surface area contributed by atoms with Gasteiger partial charge in [0.25, 0.3) is 0 Å². The highest BCUT2D eigenvalue weighted by Gasteiger charge is 2.10. The molecule has 0 amide bonds. The lowest BCUT2D eigenvalue weighted by Crippen LogP contribution is -2.21. The summed E-state index contributed by atoms with van der Waals surface area (Å²) in [7, 11) is -0.771. The Labute approximate surface area is 104 Å². The molecular weight excluding hydrogens is 241 g/mol. The van der Waals surface area contributed by atoms with E-state index in [1.807, 2.05) is 6.92 Å². The van der Waals surface area contributed by atoms with Gasteiger partial charge < -0.3 is 10.4 Å². The highest BCUT2D eigenvalue weighted by Crippen LogP contribution is 2.24. The molecule has 0 aliphatic rings. The standard InChI is InChI=1S/C12H18FNO2S/c1-9(14-6-3-7-17(2)16)11-5-4-10(13)8-12(11)15/h4-5,8-9,14-15H,3,6-7H2,1-2H3. The first kappa shape index (κ1) is 14.1. The van der Waals surface area contributed by atoms with Gasteiger partial charge >= 0.3 is 0 Å². The number of benzene rings is 1. The lowest BCUT2D eigenvalue weighted by molar-refractivity contribution is 0.447. The molecule has 1 aromatic carbocycles. The minimum Gasteiger partial charge on any atom is -0.508 e. The van der Waals surface area contributed by atoms with Gasteiger partial charge in [-0.25, -0.2) is 4.39 Å². The quantitative estimate of drug-likeness (QED) is 0.768. The highest BCUT2D eigenvalue weighted by molar-refractivity contribution is 7.84. The number of nitrogens with one attached hydrogen (secondary N) is 1. The first-order valence-corrected chi connectivity index (χ1v) is 7.25. The van der Waals surface area contributed by atoms with Crippen LogP contribution in [0, 0.1) is 5.82 Å². The molecule has 96 valence electrons. The molecule has 0 aromatic heterocycles. The van der Waals surface area contributed by atoms with Gasteiger partial charge in [-0.15, -0.1) is 0 Å². The average molecular weight is 259 g/mol. The normalized spacial score (nSPS) is 14.5. The average Bonchev–Trinajstić information content (AvgIpc) is 2.23. The third-order valence-corrected chi connectivity index (χ3v) is 3.38. The molecule has 1 rings (SSSR count). The molecular formula is C12H18FNO2S. The summed E-state index contributed by atoms with van der Waals surface area (Å²) in [5, 5.41) is 12.8. The molecule has 2 atom stereocenters. The molecule has 0 heterocycles. The Kier molecular flexibility index (Phi) is 5.58. The first-order valence-electron chi connectivity index (χ1n) is 5.52. The summed E-state index contributed by atoms with van der Waals surface area (Å²) in [6, 6.07) is 3.95. The fourth-order valence-electron chi connectivity index (χ4n) is 1.59. The van der Waals surface area contributed by atoms with E-state index in [0.717, 1.165) is 19.0 Å². The van der Waals surface area contributed by atoms with Crippen LogP contribution in [-0.4, -0.2) is 27.9 Å². The zero-order chi connectivity index (χ0) is 12.8. The number of aromatic hydroxyl groups is 1. The summed E-state index contributed by atoms with van der Waals surface area (Å²) in [5.74, 6) is 0.179. The van der Waals surface area contributed by atoms with E-state index in [2.05, 4.69) is 5.32 Å². The van der Waals surface area contributed by atoms with Crippen LogP contribution in [0.15, 0.2) is 18.2 Å². The van der Waals surface area contributed by atoms with E-state index in [1.165, 1.54) is 6.07 Å². The molecule has 0 aliphatic heterocycles. The van der Waals surface area contributed by atoms with Crippen LogP contribution in [0.5, 0.6) is 5.75 Å². The molecule has 0 saturated heterocycles. The maximum atomic E-state index is 12.8. The van der Waals surface area contributed by atoms with Crippen LogP contribution in [0.4, 0.5) is 4.39 Å². The van der Waals surface area contributed by atoms with Gasteiger partial charge in [0.2, 0.25) is 0 Å². The van der Waals surface area contributed by atoms with Crippen LogP contribution < -0.4 is 5.32 Å². The van der Waals surface area contributed by atoms with Crippen molar-refractivity contribution in [1.82, 2.24) is 5.32 Å². The molecule has 0 fully saturated rings. The van der Waals surface area contributed by atoms with Gasteiger partial charge in [0.1, 0.15) is 11.6 Å². The van der Waals surface area contributed by atoms with Gasteiger partial charge in [-0.1, -0.05) is 6.07 Å². The minimum atomic E-state index is -0.771. The molecule has 0 bridgehead atoms. The number of hydrogen-bond donors (Lipinski definition) is 2. The lowest BCUT2D eigenvalue weighted by Gasteiger charge is -2.15. The predicted molar refractivity (Wildman–Crippen MR) is 68.0 cm³/mol. The molecule has 3 nitrogen and oxygen atoms in total. The number of phenolic OH excluding ortho intramolecular Hbond substituents is 1. The van der Waals surface area contributed by atoms with E-state index in [-0.39, 0.29) is 11.8 Å². The topological polar surface area (TPSA) is 49.3 Å². The number of rotatable bonds is 6. The highest BCUT2D eigenvalue weighted by atomic mass is 32.2. The van der Waals surface area contributed by atoms with Gasteiger partial charge in [0, 0.05) is 40.5 Å². The fourth-order valence-corrected chi connectivity index (χ4v) is 2.14. The van der Waals surface area contributed by atoms with Crippen LogP contribution >= 0.6 is 0 Å². The Morgan fingerprint density at radius 2 is 2.24 bits per heavy atom. The van der Waals surface area contributed by atoms with Crippen molar-refractivity contribution in [3.05, 3.63) is 29.6 Å². The summed E-state index contributed by atoms with van der Waals surface area (Å²) in [6.07, 6.45) is 2.49. The van der Waals surface area contributed by atoms with Crippen molar-refractivity contribution in [3.63, 3.8) is 0 Å².